The molecule has 20 heavy (non-hydrogen) atoms. The average Bonchev–Trinajstić information content (AvgIpc) is 2.85. The molecule has 0 aliphatic carbocycles. The molecule has 2 rings (SSSR count). The van der Waals surface area contributed by atoms with Gasteiger partial charge in [0.15, 0.2) is 0 Å². The number of pyridine rings is 1. The van der Waals surface area contributed by atoms with Gasteiger partial charge in [0, 0.05) is 31.6 Å². The largest absolute Gasteiger partial charge is 0.372 e. The molecule has 0 aliphatic rings. The Hall–Kier alpha value is -2.21. The number of hydrogen-bond acceptors (Lipinski definition) is 4. The molecule has 2 aromatic rings. The lowest BCUT2D eigenvalue weighted by Gasteiger charge is -2.05. The van der Waals surface area contributed by atoms with Gasteiger partial charge in [-0.05, 0) is 25.1 Å². The maximum absolute atomic E-state index is 11.5. The van der Waals surface area contributed by atoms with E-state index < -0.39 is 0 Å². The van der Waals surface area contributed by atoms with Gasteiger partial charge in [-0.1, -0.05) is 0 Å². The van der Waals surface area contributed by atoms with Gasteiger partial charge in [0.25, 0.3) is 0 Å². The number of carbonyl (C=O) groups is 1. The average molecular weight is 274 g/mol. The van der Waals surface area contributed by atoms with Crippen LogP contribution < -0.4 is 5.32 Å². The number of rotatable bonds is 6. The van der Waals surface area contributed by atoms with Crippen molar-refractivity contribution in [2.45, 2.75) is 13.5 Å². The molecule has 6 heteroatoms. The van der Waals surface area contributed by atoms with Crippen molar-refractivity contribution in [2.24, 2.45) is 7.05 Å². The van der Waals surface area contributed by atoms with Gasteiger partial charge in [-0.15, -0.1) is 0 Å². The molecule has 0 radical (unpaired) electrons. The van der Waals surface area contributed by atoms with E-state index in [-0.39, 0.29) is 12.5 Å². The highest BCUT2D eigenvalue weighted by molar-refractivity contribution is 5.77. The van der Waals surface area contributed by atoms with Crippen LogP contribution in [0.15, 0.2) is 30.6 Å². The lowest BCUT2D eigenvalue weighted by atomic mass is 10.2. The van der Waals surface area contributed by atoms with Crippen LogP contribution in [0.25, 0.3) is 11.3 Å². The number of hydrogen-bond donors (Lipinski definition) is 1. The van der Waals surface area contributed by atoms with Crippen molar-refractivity contribution in [2.75, 3.05) is 13.2 Å². The number of nitrogens with zero attached hydrogens (tertiary/aromatic N) is 3. The number of nitrogens with one attached hydrogen (secondary N) is 1. The summed E-state index contributed by atoms with van der Waals surface area (Å²) in [6, 6.07) is 5.76. The Labute approximate surface area is 117 Å². The third-order valence-electron chi connectivity index (χ3n) is 2.84. The monoisotopic (exact) mass is 274 g/mol. The first-order chi connectivity index (χ1) is 9.70. The smallest absolute Gasteiger partial charge is 0.246 e. The molecule has 2 heterocycles. The predicted octanol–water partition coefficient (Wildman–Crippen LogP) is 1.13. The fraction of sp³-hybridized carbons (Fsp3) is 0.357. The highest BCUT2D eigenvalue weighted by atomic mass is 16.5. The molecule has 2 aromatic heterocycles. The second-order valence-corrected chi connectivity index (χ2v) is 4.30. The van der Waals surface area contributed by atoms with E-state index in [9.17, 15) is 4.79 Å². The van der Waals surface area contributed by atoms with Crippen LogP contribution in [0.1, 0.15) is 12.6 Å². The number of ether oxygens (including phenoxy) is 1. The van der Waals surface area contributed by atoms with Crippen molar-refractivity contribution in [1.82, 2.24) is 20.1 Å². The quantitative estimate of drug-likeness (QED) is 0.857. The number of aromatic nitrogens is 3. The van der Waals surface area contributed by atoms with Crippen molar-refractivity contribution < 1.29 is 9.53 Å². The second kappa shape index (κ2) is 6.81. The fourth-order valence-corrected chi connectivity index (χ4v) is 1.76. The fourth-order valence-electron chi connectivity index (χ4n) is 1.76. The standard InChI is InChI=1S/C14H18N4O2/c1-3-20-10-14(19)16-9-12-7-13(17-18(12)2)11-5-4-6-15-8-11/h4-8H,3,9-10H2,1-2H3,(H,16,19). The summed E-state index contributed by atoms with van der Waals surface area (Å²) < 4.78 is 6.80. The minimum Gasteiger partial charge on any atom is -0.372 e. The molecule has 1 N–H and O–H groups in total. The molecule has 0 saturated heterocycles. The summed E-state index contributed by atoms with van der Waals surface area (Å²) >= 11 is 0. The van der Waals surface area contributed by atoms with Gasteiger partial charge >= 0.3 is 0 Å². The molecule has 0 aromatic carbocycles. The molecule has 0 unspecified atom stereocenters. The minimum atomic E-state index is -0.129. The molecule has 0 saturated carbocycles. The van der Waals surface area contributed by atoms with E-state index in [0.29, 0.717) is 13.2 Å². The van der Waals surface area contributed by atoms with Crippen LogP contribution in [-0.4, -0.2) is 33.9 Å². The van der Waals surface area contributed by atoms with Gasteiger partial charge in [-0.25, -0.2) is 0 Å². The Morgan fingerprint density at radius 2 is 2.35 bits per heavy atom. The summed E-state index contributed by atoms with van der Waals surface area (Å²) in [7, 11) is 1.85. The van der Waals surface area contributed by atoms with E-state index in [0.717, 1.165) is 17.0 Å². The van der Waals surface area contributed by atoms with Crippen LogP contribution in [0.5, 0.6) is 0 Å². The molecular weight excluding hydrogens is 256 g/mol. The summed E-state index contributed by atoms with van der Waals surface area (Å²) in [6.07, 6.45) is 3.49. The lowest BCUT2D eigenvalue weighted by Crippen LogP contribution is -2.27. The SMILES string of the molecule is CCOCC(=O)NCc1cc(-c2cccnc2)nn1C. The molecule has 106 valence electrons. The van der Waals surface area contributed by atoms with Gasteiger partial charge in [-0.2, -0.15) is 5.10 Å². The van der Waals surface area contributed by atoms with Gasteiger partial charge in [0.1, 0.15) is 6.61 Å². The maximum atomic E-state index is 11.5. The number of amides is 1. The molecule has 0 atom stereocenters. The molecule has 1 amide bonds. The van der Waals surface area contributed by atoms with Gasteiger partial charge in [-0.3, -0.25) is 14.5 Å². The Kier molecular flexibility index (Phi) is 4.84. The van der Waals surface area contributed by atoms with E-state index >= 15 is 0 Å². The van der Waals surface area contributed by atoms with E-state index in [1.807, 2.05) is 32.2 Å². The van der Waals surface area contributed by atoms with Crippen molar-refractivity contribution >= 4 is 5.91 Å². The first-order valence-electron chi connectivity index (χ1n) is 6.48. The van der Waals surface area contributed by atoms with Gasteiger partial charge in [0.2, 0.25) is 5.91 Å². The molecule has 6 nitrogen and oxygen atoms in total. The van der Waals surface area contributed by atoms with Crippen molar-refractivity contribution in [3.63, 3.8) is 0 Å². The highest BCUT2D eigenvalue weighted by Crippen LogP contribution is 2.17. The summed E-state index contributed by atoms with van der Waals surface area (Å²) in [5, 5.41) is 7.21. The van der Waals surface area contributed by atoms with E-state index in [2.05, 4.69) is 15.4 Å². The van der Waals surface area contributed by atoms with Crippen molar-refractivity contribution in [3.8, 4) is 11.3 Å². The maximum Gasteiger partial charge on any atom is 0.246 e. The Morgan fingerprint density at radius 1 is 1.50 bits per heavy atom. The topological polar surface area (TPSA) is 69.0 Å². The highest BCUT2D eigenvalue weighted by Gasteiger charge is 2.08. The second-order valence-electron chi connectivity index (χ2n) is 4.30. The van der Waals surface area contributed by atoms with E-state index in [1.165, 1.54) is 0 Å². The lowest BCUT2D eigenvalue weighted by molar-refractivity contribution is -0.125. The van der Waals surface area contributed by atoms with E-state index in [1.54, 1.807) is 17.1 Å². The number of carbonyl (C=O) groups excluding carboxylic acids is 1. The Balaban J connectivity index is 2.00. The van der Waals surface area contributed by atoms with Gasteiger partial charge in [0.05, 0.1) is 17.9 Å². The Morgan fingerprint density at radius 3 is 3.05 bits per heavy atom. The normalized spacial score (nSPS) is 10.5. The zero-order chi connectivity index (χ0) is 14.4. The van der Waals surface area contributed by atoms with Crippen LogP contribution in [-0.2, 0) is 23.1 Å². The van der Waals surface area contributed by atoms with Crippen LogP contribution in [0.4, 0.5) is 0 Å². The number of aryl methyl sites for hydroxylation is 1. The zero-order valence-corrected chi connectivity index (χ0v) is 11.7. The minimum absolute atomic E-state index is 0.0871. The molecule has 0 fully saturated rings. The summed E-state index contributed by atoms with van der Waals surface area (Å²) in [4.78, 5) is 15.6. The molecule has 0 aliphatic heterocycles. The summed E-state index contributed by atoms with van der Waals surface area (Å²) in [5.41, 5.74) is 2.72. The summed E-state index contributed by atoms with van der Waals surface area (Å²) in [6.45, 7) is 2.90. The first kappa shape index (κ1) is 14.2. The molecule has 0 bridgehead atoms. The molecule has 0 spiro atoms. The Bertz CT molecular complexity index is 566. The third kappa shape index (κ3) is 3.64. The van der Waals surface area contributed by atoms with Crippen molar-refractivity contribution in [1.29, 1.82) is 0 Å². The van der Waals surface area contributed by atoms with Crippen LogP contribution in [0.2, 0.25) is 0 Å². The predicted molar refractivity (Wildman–Crippen MR) is 74.8 cm³/mol. The van der Waals surface area contributed by atoms with Crippen LogP contribution in [0.3, 0.4) is 0 Å². The van der Waals surface area contributed by atoms with Gasteiger partial charge < -0.3 is 10.1 Å². The van der Waals surface area contributed by atoms with Crippen LogP contribution >= 0.6 is 0 Å². The molecular formula is C14H18N4O2. The van der Waals surface area contributed by atoms with E-state index in [4.69, 9.17) is 4.74 Å². The van der Waals surface area contributed by atoms with Crippen LogP contribution in [0, 0.1) is 0 Å². The first-order valence-corrected chi connectivity index (χ1v) is 6.48. The zero-order valence-electron chi connectivity index (χ0n) is 11.7. The van der Waals surface area contributed by atoms with Crippen molar-refractivity contribution in [3.05, 3.63) is 36.3 Å². The third-order valence-corrected chi connectivity index (χ3v) is 2.84. The summed E-state index contributed by atoms with van der Waals surface area (Å²) in [5.74, 6) is -0.129.